The molecule has 3 aromatic carbocycles. The number of aryl methyl sites for hydroxylation is 1. The fourth-order valence-electron chi connectivity index (χ4n) is 4.05. The van der Waals surface area contributed by atoms with Crippen LogP contribution in [-0.2, 0) is 10.3 Å². The molecule has 4 nitrogen and oxygen atoms in total. The molecular weight excluding hydrogens is 412 g/mol. The Hall–Kier alpha value is -3.47. The van der Waals surface area contributed by atoms with E-state index >= 15 is 0 Å². The van der Waals surface area contributed by atoms with Crippen molar-refractivity contribution in [2.24, 2.45) is 0 Å². The summed E-state index contributed by atoms with van der Waals surface area (Å²) in [6.45, 7) is 3.57. The highest BCUT2D eigenvalue weighted by Gasteiger charge is 2.38. The third-order valence-corrected chi connectivity index (χ3v) is 6.07. The Balaban J connectivity index is 1.74. The molecule has 0 radical (unpaired) electrons. The molecule has 0 aliphatic carbocycles. The maximum Gasteiger partial charge on any atom is 0.338 e. The first kappa shape index (κ1) is 22.7. The SMILES string of the molecule is Cc1ccc([C@@H](C)[C@@H](O)COC(c2ccccc2)(c2ccccc2)c2ccccc2)oc1=O. The Bertz CT molecular complexity index is 1120. The van der Waals surface area contributed by atoms with Gasteiger partial charge in [-0.25, -0.2) is 4.79 Å². The molecule has 0 fully saturated rings. The second-order valence-corrected chi connectivity index (χ2v) is 8.25. The zero-order chi connectivity index (χ0) is 23.3. The number of rotatable bonds is 8. The van der Waals surface area contributed by atoms with Crippen molar-refractivity contribution in [3.63, 3.8) is 0 Å². The van der Waals surface area contributed by atoms with Crippen LogP contribution in [0.25, 0.3) is 0 Å². The minimum atomic E-state index is -0.918. The number of aliphatic hydroxyl groups excluding tert-OH is 1. The second-order valence-electron chi connectivity index (χ2n) is 8.25. The average molecular weight is 441 g/mol. The Morgan fingerprint density at radius 1 is 0.788 bits per heavy atom. The van der Waals surface area contributed by atoms with Crippen molar-refractivity contribution in [3.05, 3.63) is 142 Å². The minimum absolute atomic E-state index is 0.0391. The van der Waals surface area contributed by atoms with E-state index in [0.29, 0.717) is 11.3 Å². The molecule has 1 N–H and O–H groups in total. The molecule has 0 aliphatic heterocycles. The lowest BCUT2D eigenvalue weighted by Crippen LogP contribution is -2.37. The first-order valence-corrected chi connectivity index (χ1v) is 11.1. The summed E-state index contributed by atoms with van der Waals surface area (Å²) in [5.74, 6) is 0.0183. The van der Waals surface area contributed by atoms with Crippen molar-refractivity contribution in [1.29, 1.82) is 0 Å². The maximum atomic E-state index is 12.0. The lowest BCUT2D eigenvalue weighted by atomic mass is 9.80. The molecule has 0 saturated heterocycles. The third kappa shape index (κ3) is 4.68. The lowest BCUT2D eigenvalue weighted by molar-refractivity contribution is -0.0459. The van der Waals surface area contributed by atoms with Crippen LogP contribution in [0.4, 0.5) is 0 Å². The van der Waals surface area contributed by atoms with E-state index < -0.39 is 17.6 Å². The molecule has 0 spiro atoms. The van der Waals surface area contributed by atoms with Crippen molar-refractivity contribution in [3.8, 4) is 0 Å². The summed E-state index contributed by atoms with van der Waals surface area (Å²) in [6.07, 6.45) is -0.883. The van der Waals surface area contributed by atoms with Gasteiger partial charge in [-0.2, -0.15) is 0 Å². The van der Waals surface area contributed by atoms with Crippen molar-refractivity contribution in [2.75, 3.05) is 6.61 Å². The second kappa shape index (κ2) is 9.99. The van der Waals surface area contributed by atoms with E-state index in [1.807, 2.05) is 97.9 Å². The van der Waals surface area contributed by atoms with Crippen LogP contribution in [-0.4, -0.2) is 17.8 Å². The number of hydrogen-bond acceptors (Lipinski definition) is 4. The summed E-state index contributed by atoms with van der Waals surface area (Å²) < 4.78 is 12.1. The Labute approximate surface area is 194 Å². The van der Waals surface area contributed by atoms with Gasteiger partial charge in [-0.15, -0.1) is 0 Å². The van der Waals surface area contributed by atoms with Crippen molar-refractivity contribution in [2.45, 2.75) is 31.5 Å². The predicted molar refractivity (Wildman–Crippen MR) is 129 cm³/mol. The Morgan fingerprint density at radius 2 is 1.24 bits per heavy atom. The van der Waals surface area contributed by atoms with Crippen LogP contribution in [0.2, 0.25) is 0 Å². The molecule has 168 valence electrons. The smallest absolute Gasteiger partial charge is 0.338 e. The summed E-state index contributed by atoms with van der Waals surface area (Å²) in [7, 11) is 0. The van der Waals surface area contributed by atoms with E-state index in [1.54, 1.807) is 19.1 Å². The van der Waals surface area contributed by atoms with Gasteiger partial charge in [0.15, 0.2) is 0 Å². The van der Waals surface area contributed by atoms with Gasteiger partial charge in [-0.05, 0) is 35.7 Å². The highest BCUT2D eigenvalue weighted by molar-refractivity contribution is 5.47. The fraction of sp³-hybridized carbons (Fsp3) is 0.207. The van der Waals surface area contributed by atoms with Crippen molar-refractivity contribution < 1.29 is 14.3 Å². The van der Waals surface area contributed by atoms with E-state index in [4.69, 9.17) is 9.15 Å². The van der Waals surface area contributed by atoms with Crippen LogP contribution in [0.5, 0.6) is 0 Å². The topological polar surface area (TPSA) is 59.7 Å². The van der Waals surface area contributed by atoms with Gasteiger partial charge < -0.3 is 14.3 Å². The largest absolute Gasteiger partial charge is 0.427 e. The number of benzene rings is 3. The molecular formula is C29H28O4. The average Bonchev–Trinajstić information content (AvgIpc) is 2.87. The van der Waals surface area contributed by atoms with E-state index in [9.17, 15) is 9.90 Å². The van der Waals surface area contributed by atoms with Gasteiger partial charge in [0.25, 0.3) is 0 Å². The molecule has 4 rings (SSSR count). The van der Waals surface area contributed by atoms with Gasteiger partial charge in [0.05, 0.1) is 12.7 Å². The quantitative estimate of drug-likeness (QED) is 0.372. The Kier molecular flexibility index (Phi) is 6.87. The zero-order valence-corrected chi connectivity index (χ0v) is 18.8. The van der Waals surface area contributed by atoms with E-state index in [1.165, 1.54) is 0 Å². The molecule has 0 saturated carbocycles. The van der Waals surface area contributed by atoms with Gasteiger partial charge in [0, 0.05) is 11.5 Å². The van der Waals surface area contributed by atoms with Gasteiger partial charge >= 0.3 is 5.63 Å². The van der Waals surface area contributed by atoms with Crippen LogP contribution < -0.4 is 5.63 Å². The minimum Gasteiger partial charge on any atom is -0.427 e. The highest BCUT2D eigenvalue weighted by Crippen LogP contribution is 2.40. The number of hydrogen-bond donors (Lipinski definition) is 1. The molecule has 0 aliphatic rings. The van der Waals surface area contributed by atoms with Gasteiger partial charge in [-0.3, -0.25) is 0 Å². The Morgan fingerprint density at radius 3 is 1.67 bits per heavy atom. The molecule has 4 heteroatoms. The van der Waals surface area contributed by atoms with E-state index in [-0.39, 0.29) is 12.2 Å². The summed E-state index contributed by atoms with van der Waals surface area (Å²) in [4.78, 5) is 12.0. The van der Waals surface area contributed by atoms with E-state index in [2.05, 4.69) is 0 Å². The first-order chi connectivity index (χ1) is 16.0. The molecule has 0 bridgehead atoms. The number of aliphatic hydroxyl groups is 1. The number of ether oxygens (including phenoxy) is 1. The predicted octanol–water partition coefficient (Wildman–Crippen LogP) is 5.42. The summed E-state index contributed by atoms with van der Waals surface area (Å²) >= 11 is 0. The van der Waals surface area contributed by atoms with Crippen LogP contribution in [0, 0.1) is 6.92 Å². The molecule has 4 aromatic rings. The van der Waals surface area contributed by atoms with Crippen LogP contribution in [0.3, 0.4) is 0 Å². The monoisotopic (exact) mass is 440 g/mol. The molecule has 2 atom stereocenters. The third-order valence-electron chi connectivity index (χ3n) is 6.07. The van der Waals surface area contributed by atoms with Crippen LogP contribution in [0.1, 0.15) is 40.9 Å². The molecule has 0 unspecified atom stereocenters. The molecule has 0 amide bonds. The van der Waals surface area contributed by atoms with E-state index in [0.717, 1.165) is 16.7 Å². The summed E-state index contributed by atoms with van der Waals surface area (Å²) in [5.41, 5.74) is 2.11. The standard InChI is InChI=1S/C29H28O4/c1-21-18-19-27(33-28(21)31)22(2)26(30)20-32-29(23-12-6-3-7-13-23,24-14-8-4-9-15-24)25-16-10-5-11-17-25/h3-19,22,26,30H,20H2,1-2H3/t22-,26-/m0/s1. The van der Waals surface area contributed by atoms with Gasteiger partial charge in [0.2, 0.25) is 0 Å². The first-order valence-electron chi connectivity index (χ1n) is 11.1. The molecule has 1 aromatic heterocycles. The molecule has 1 heterocycles. The van der Waals surface area contributed by atoms with Crippen molar-refractivity contribution in [1.82, 2.24) is 0 Å². The normalized spacial score (nSPS) is 13.4. The van der Waals surface area contributed by atoms with Gasteiger partial charge in [0.1, 0.15) is 11.4 Å². The fourth-order valence-corrected chi connectivity index (χ4v) is 4.05. The van der Waals surface area contributed by atoms with Crippen molar-refractivity contribution >= 4 is 0 Å². The zero-order valence-electron chi connectivity index (χ0n) is 18.8. The maximum absolute atomic E-state index is 12.0. The summed E-state index contributed by atoms with van der Waals surface area (Å²) in [6, 6.07) is 33.5. The van der Waals surface area contributed by atoms with Crippen LogP contribution in [0.15, 0.2) is 112 Å². The van der Waals surface area contributed by atoms with Gasteiger partial charge in [-0.1, -0.05) is 97.9 Å². The summed E-state index contributed by atoms with van der Waals surface area (Å²) in [5, 5.41) is 11.0. The lowest BCUT2D eigenvalue weighted by Gasteiger charge is -2.37. The molecule has 33 heavy (non-hydrogen) atoms. The van der Waals surface area contributed by atoms with Crippen LogP contribution >= 0.6 is 0 Å². The highest BCUT2D eigenvalue weighted by atomic mass is 16.5.